The van der Waals surface area contributed by atoms with E-state index in [0.717, 1.165) is 32.3 Å². The maximum Gasteiger partial charge on any atom is 0.312 e. The minimum absolute atomic E-state index is 0.00863. The number of cyclic esters (lactones) is 1. The highest BCUT2D eigenvalue weighted by molar-refractivity contribution is 5.79. The van der Waals surface area contributed by atoms with E-state index in [1.807, 2.05) is 4.90 Å². The number of hydrogen-bond acceptors (Lipinski definition) is 7. The van der Waals surface area contributed by atoms with Crippen molar-refractivity contribution in [3.05, 3.63) is 12.0 Å². The van der Waals surface area contributed by atoms with Gasteiger partial charge < -0.3 is 14.4 Å². The lowest BCUT2D eigenvalue weighted by molar-refractivity contribution is -0.150. The molecule has 3 fully saturated rings. The van der Waals surface area contributed by atoms with Gasteiger partial charge in [0, 0.05) is 26.1 Å². The average molecular weight is 364 g/mol. The molecule has 3 aliphatic heterocycles. The summed E-state index contributed by atoms with van der Waals surface area (Å²) in [6, 6.07) is 0. The summed E-state index contributed by atoms with van der Waals surface area (Å²) in [5.74, 6) is -0.243. The van der Waals surface area contributed by atoms with Crippen molar-refractivity contribution in [2.24, 2.45) is 5.41 Å². The van der Waals surface area contributed by atoms with Crippen LogP contribution in [0.5, 0.6) is 5.88 Å². The zero-order valence-corrected chi connectivity index (χ0v) is 15.1. The van der Waals surface area contributed by atoms with E-state index in [2.05, 4.69) is 14.9 Å². The third-order valence-corrected chi connectivity index (χ3v) is 5.88. The molecule has 1 spiro atoms. The molecule has 0 saturated carbocycles. The maximum absolute atomic E-state index is 13.5. The lowest BCUT2D eigenvalue weighted by Gasteiger charge is -2.36. The Bertz CT molecular complexity index is 672. The van der Waals surface area contributed by atoms with Gasteiger partial charge in [0.1, 0.15) is 6.10 Å². The van der Waals surface area contributed by atoms with Crippen LogP contribution in [0, 0.1) is 11.2 Å². The summed E-state index contributed by atoms with van der Waals surface area (Å²) >= 11 is 0. The molecule has 4 rings (SSSR count). The Labute approximate surface area is 152 Å². The summed E-state index contributed by atoms with van der Waals surface area (Å²) in [5, 5.41) is 0. The normalized spacial score (nSPS) is 25.7. The van der Waals surface area contributed by atoms with Gasteiger partial charge in [-0.25, -0.2) is 4.98 Å². The van der Waals surface area contributed by atoms with Gasteiger partial charge in [0.25, 0.3) is 5.88 Å². The molecule has 0 aromatic carbocycles. The molecule has 1 aromatic rings. The van der Waals surface area contributed by atoms with Crippen LogP contribution in [0.25, 0.3) is 0 Å². The molecule has 142 valence electrons. The number of carbonyl (C=O) groups is 1. The first-order chi connectivity index (χ1) is 12.6. The van der Waals surface area contributed by atoms with Crippen LogP contribution >= 0.6 is 0 Å². The highest BCUT2D eigenvalue weighted by atomic mass is 19.1. The highest BCUT2D eigenvalue weighted by Gasteiger charge is 2.50. The molecule has 0 N–H and O–H groups in total. The number of ether oxygens (including phenoxy) is 2. The number of piperidine rings is 1. The SMILES string of the molecule is COc1nc(N2CCC3(CC2)CC(CN2CCCC2)OC3=O)ncc1F. The van der Waals surface area contributed by atoms with E-state index in [4.69, 9.17) is 9.47 Å². The number of halogens is 1. The minimum Gasteiger partial charge on any atom is -0.479 e. The highest BCUT2D eigenvalue weighted by Crippen LogP contribution is 2.43. The van der Waals surface area contributed by atoms with Crippen LogP contribution in [0.4, 0.5) is 10.3 Å². The number of esters is 1. The second kappa shape index (κ2) is 6.98. The predicted octanol–water partition coefficient (Wildman–Crippen LogP) is 1.62. The average Bonchev–Trinajstić information content (AvgIpc) is 3.25. The molecule has 0 bridgehead atoms. The van der Waals surface area contributed by atoms with Crippen LogP contribution in [-0.4, -0.2) is 66.8 Å². The molecule has 7 nitrogen and oxygen atoms in total. The smallest absolute Gasteiger partial charge is 0.312 e. The van der Waals surface area contributed by atoms with Gasteiger partial charge in [-0.05, 0) is 38.8 Å². The number of rotatable bonds is 4. The summed E-state index contributed by atoms with van der Waals surface area (Å²) in [4.78, 5) is 25.1. The second-order valence-corrected chi connectivity index (χ2v) is 7.53. The summed E-state index contributed by atoms with van der Waals surface area (Å²) in [5.41, 5.74) is -0.384. The van der Waals surface area contributed by atoms with Crippen molar-refractivity contribution in [2.75, 3.05) is 44.7 Å². The van der Waals surface area contributed by atoms with E-state index in [9.17, 15) is 9.18 Å². The quantitative estimate of drug-likeness (QED) is 0.752. The minimum atomic E-state index is -0.575. The third-order valence-electron chi connectivity index (χ3n) is 5.88. The van der Waals surface area contributed by atoms with E-state index in [1.165, 1.54) is 20.0 Å². The first-order valence-electron chi connectivity index (χ1n) is 9.34. The first-order valence-corrected chi connectivity index (χ1v) is 9.34. The summed E-state index contributed by atoms with van der Waals surface area (Å²) in [6.45, 7) is 4.38. The van der Waals surface area contributed by atoms with Crippen molar-refractivity contribution in [1.82, 2.24) is 14.9 Å². The predicted molar refractivity (Wildman–Crippen MR) is 92.6 cm³/mol. The molecule has 0 aliphatic carbocycles. The summed E-state index contributed by atoms with van der Waals surface area (Å²) in [6.07, 6.45) is 5.83. The fourth-order valence-corrected chi connectivity index (χ4v) is 4.37. The monoisotopic (exact) mass is 364 g/mol. The number of hydrogen-bond donors (Lipinski definition) is 0. The van der Waals surface area contributed by atoms with E-state index < -0.39 is 5.82 Å². The molecule has 1 atom stereocenters. The molecule has 1 unspecified atom stereocenters. The van der Waals surface area contributed by atoms with Crippen LogP contribution in [-0.2, 0) is 9.53 Å². The van der Waals surface area contributed by atoms with Crippen molar-refractivity contribution in [3.63, 3.8) is 0 Å². The standard InChI is InChI=1S/C18H25FN4O3/c1-25-15-14(19)11-20-17(21-15)23-8-4-18(5-9-23)10-13(26-16(18)24)12-22-6-2-3-7-22/h11,13H,2-10,12H2,1H3. The Balaban J connectivity index is 1.38. The van der Waals surface area contributed by atoms with Crippen molar-refractivity contribution in [3.8, 4) is 5.88 Å². The van der Waals surface area contributed by atoms with E-state index in [1.54, 1.807) is 0 Å². The van der Waals surface area contributed by atoms with E-state index >= 15 is 0 Å². The third kappa shape index (κ3) is 3.22. The number of anilines is 1. The maximum atomic E-state index is 13.5. The Hall–Kier alpha value is -1.96. The van der Waals surface area contributed by atoms with Gasteiger partial charge in [-0.2, -0.15) is 9.37 Å². The van der Waals surface area contributed by atoms with Crippen molar-refractivity contribution < 1.29 is 18.7 Å². The number of carbonyl (C=O) groups excluding carboxylic acids is 1. The van der Waals surface area contributed by atoms with Gasteiger partial charge in [0.2, 0.25) is 11.8 Å². The largest absolute Gasteiger partial charge is 0.479 e. The molecule has 3 aliphatic rings. The van der Waals surface area contributed by atoms with E-state index in [-0.39, 0.29) is 23.4 Å². The first kappa shape index (κ1) is 17.5. The van der Waals surface area contributed by atoms with Crippen molar-refractivity contribution >= 4 is 11.9 Å². The Morgan fingerprint density at radius 2 is 2.04 bits per heavy atom. The van der Waals surface area contributed by atoms with Crippen LogP contribution in [0.2, 0.25) is 0 Å². The van der Waals surface area contributed by atoms with Gasteiger partial charge >= 0.3 is 5.97 Å². The molecular weight excluding hydrogens is 339 g/mol. The molecule has 8 heteroatoms. The van der Waals surface area contributed by atoms with E-state index in [0.29, 0.717) is 31.9 Å². The fourth-order valence-electron chi connectivity index (χ4n) is 4.37. The number of methoxy groups -OCH3 is 1. The number of nitrogens with zero attached hydrogens (tertiary/aromatic N) is 4. The van der Waals surface area contributed by atoms with Gasteiger partial charge in [0.05, 0.1) is 18.7 Å². The van der Waals surface area contributed by atoms with Crippen LogP contribution < -0.4 is 9.64 Å². The molecular formula is C18H25FN4O3. The van der Waals surface area contributed by atoms with Crippen LogP contribution in [0.15, 0.2) is 6.20 Å². The molecule has 0 radical (unpaired) electrons. The Morgan fingerprint density at radius 1 is 1.31 bits per heavy atom. The number of likely N-dealkylation sites (tertiary alicyclic amines) is 1. The zero-order valence-electron chi connectivity index (χ0n) is 15.1. The summed E-state index contributed by atoms with van der Waals surface area (Å²) in [7, 11) is 1.38. The fraction of sp³-hybridized carbons (Fsp3) is 0.722. The van der Waals surface area contributed by atoms with Crippen LogP contribution in [0.1, 0.15) is 32.1 Å². The molecule has 3 saturated heterocycles. The zero-order chi connectivity index (χ0) is 18.1. The Kier molecular flexibility index (Phi) is 4.69. The lowest BCUT2D eigenvalue weighted by Crippen LogP contribution is -2.43. The van der Waals surface area contributed by atoms with Crippen molar-refractivity contribution in [2.45, 2.75) is 38.2 Å². The number of aromatic nitrogens is 2. The van der Waals surface area contributed by atoms with Gasteiger partial charge in [-0.1, -0.05) is 0 Å². The molecule has 1 aromatic heterocycles. The molecule has 4 heterocycles. The Morgan fingerprint density at radius 3 is 2.73 bits per heavy atom. The van der Waals surface area contributed by atoms with Gasteiger partial charge in [-0.15, -0.1) is 0 Å². The van der Waals surface area contributed by atoms with Gasteiger partial charge in [-0.3, -0.25) is 9.69 Å². The van der Waals surface area contributed by atoms with Crippen LogP contribution in [0.3, 0.4) is 0 Å². The molecule has 26 heavy (non-hydrogen) atoms. The second-order valence-electron chi connectivity index (χ2n) is 7.53. The van der Waals surface area contributed by atoms with Crippen molar-refractivity contribution in [1.29, 1.82) is 0 Å². The molecule has 0 amide bonds. The van der Waals surface area contributed by atoms with Gasteiger partial charge in [0.15, 0.2) is 0 Å². The lowest BCUT2D eigenvalue weighted by atomic mass is 9.76. The topological polar surface area (TPSA) is 67.8 Å². The summed E-state index contributed by atoms with van der Waals surface area (Å²) < 4.78 is 24.1.